The van der Waals surface area contributed by atoms with E-state index in [2.05, 4.69) is 9.98 Å². The predicted octanol–water partition coefficient (Wildman–Crippen LogP) is 4.42. The second-order valence-corrected chi connectivity index (χ2v) is 6.04. The molecule has 0 aliphatic heterocycles. The third kappa shape index (κ3) is 2.85. The summed E-state index contributed by atoms with van der Waals surface area (Å²) in [6.07, 6.45) is 0. The summed E-state index contributed by atoms with van der Waals surface area (Å²) in [5.41, 5.74) is 0.909. The first-order chi connectivity index (χ1) is 10.0. The number of aromatic amines is 1. The number of halogens is 3. The fraction of sp³-hybridized carbons (Fsp3) is 0. The highest BCUT2D eigenvalue weighted by atomic mass is 35.5. The molecule has 3 nitrogen and oxygen atoms in total. The molecule has 0 bridgehead atoms. The van der Waals surface area contributed by atoms with Crippen molar-refractivity contribution in [2.45, 2.75) is 0 Å². The minimum absolute atomic E-state index is 0.0328. The minimum atomic E-state index is -0.521. The molecule has 3 rings (SSSR count). The molecule has 0 aliphatic rings. The van der Waals surface area contributed by atoms with E-state index in [-0.39, 0.29) is 5.02 Å². The van der Waals surface area contributed by atoms with Crippen LogP contribution < -0.4 is 4.80 Å². The number of nitrogens with zero attached hydrogens (tertiary/aromatic N) is 1. The first kappa shape index (κ1) is 14.3. The van der Waals surface area contributed by atoms with E-state index in [4.69, 9.17) is 23.2 Å². The van der Waals surface area contributed by atoms with Crippen LogP contribution in [0.15, 0.2) is 41.4 Å². The van der Waals surface area contributed by atoms with E-state index in [0.29, 0.717) is 25.6 Å². The van der Waals surface area contributed by atoms with E-state index in [9.17, 15) is 9.18 Å². The molecule has 3 aromatic rings. The summed E-state index contributed by atoms with van der Waals surface area (Å²) in [4.78, 5) is 19.2. The van der Waals surface area contributed by atoms with Crippen molar-refractivity contribution in [2.75, 3.05) is 0 Å². The van der Waals surface area contributed by atoms with Crippen LogP contribution in [-0.4, -0.2) is 10.9 Å². The van der Waals surface area contributed by atoms with Gasteiger partial charge in [-0.2, -0.15) is 4.99 Å². The van der Waals surface area contributed by atoms with Crippen molar-refractivity contribution < 1.29 is 9.18 Å². The zero-order valence-electron chi connectivity index (χ0n) is 10.4. The highest BCUT2D eigenvalue weighted by Crippen LogP contribution is 2.25. The molecule has 1 aromatic heterocycles. The van der Waals surface area contributed by atoms with Crippen LogP contribution in [0, 0.1) is 5.82 Å². The molecule has 1 amide bonds. The van der Waals surface area contributed by atoms with E-state index in [0.717, 1.165) is 11.3 Å². The molecule has 0 fully saturated rings. The molecule has 1 N–H and O–H groups in total. The number of fused-ring (bicyclic) bond motifs is 1. The third-order valence-corrected chi connectivity index (χ3v) is 4.28. The van der Waals surface area contributed by atoms with Crippen molar-refractivity contribution in [3.63, 3.8) is 0 Å². The fourth-order valence-electron chi connectivity index (χ4n) is 1.80. The van der Waals surface area contributed by atoms with Gasteiger partial charge in [-0.05, 0) is 30.3 Å². The van der Waals surface area contributed by atoms with Crippen molar-refractivity contribution in [1.82, 2.24) is 4.98 Å². The van der Waals surface area contributed by atoms with Crippen LogP contribution in [0.25, 0.3) is 10.2 Å². The van der Waals surface area contributed by atoms with Gasteiger partial charge in [-0.3, -0.25) is 4.79 Å². The van der Waals surface area contributed by atoms with Gasteiger partial charge in [0, 0.05) is 10.6 Å². The zero-order chi connectivity index (χ0) is 15.0. The summed E-state index contributed by atoms with van der Waals surface area (Å²) in [7, 11) is 0. The van der Waals surface area contributed by atoms with Crippen LogP contribution in [0.2, 0.25) is 10.0 Å². The molecule has 0 unspecified atom stereocenters. The van der Waals surface area contributed by atoms with Gasteiger partial charge >= 0.3 is 0 Å². The molecule has 0 saturated heterocycles. The van der Waals surface area contributed by atoms with Gasteiger partial charge in [0.1, 0.15) is 0 Å². The highest BCUT2D eigenvalue weighted by molar-refractivity contribution is 7.16. The minimum Gasteiger partial charge on any atom is -0.330 e. The Morgan fingerprint density at radius 2 is 2.05 bits per heavy atom. The predicted molar refractivity (Wildman–Crippen MR) is 82.5 cm³/mol. The Bertz CT molecular complexity index is 917. The Labute approximate surface area is 132 Å². The monoisotopic (exact) mass is 340 g/mol. The number of carbonyl (C=O) groups is 1. The Hall–Kier alpha value is -1.69. The number of nitrogens with one attached hydrogen (secondary N) is 1. The maximum absolute atomic E-state index is 13.8. The molecule has 0 saturated carbocycles. The van der Waals surface area contributed by atoms with Gasteiger partial charge in [-0.25, -0.2) is 4.39 Å². The van der Waals surface area contributed by atoms with E-state index < -0.39 is 11.7 Å². The standard InChI is InChI=1S/C14H7Cl2FN2OS/c15-8-3-1-2-7(6-8)13(20)19-14-18-10-5-4-9(16)11(17)12(10)21-14/h1-6H,(H,18,19,20). The van der Waals surface area contributed by atoms with Gasteiger partial charge in [-0.15, -0.1) is 0 Å². The molecule has 2 aromatic carbocycles. The zero-order valence-corrected chi connectivity index (χ0v) is 12.7. The van der Waals surface area contributed by atoms with Gasteiger partial charge in [0.15, 0.2) is 10.6 Å². The lowest BCUT2D eigenvalue weighted by atomic mass is 10.2. The number of benzene rings is 2. The van der Waals surface area contributed by atoms with E-state index in [1.165, 1.54) is 12.1 Å². The molecule has 1 heterocycles. The Morgan fingerprint density at radius 1 is 1.24 bits per heavy atom. The van der Waals surface area contributed by atoms with Crippen molar-refractivity contribution in [1.29, 1.82) is 0 Å². The first-order valence-electron chi connectivity index (χ1n) is 5.86. The van der Waals surface area contributed by atoms with E-state index in [1.807, 2.05) is 0 Å². The van der Waals surface area contributed by atoms with Crippen molar-refractivity contribution in [3.05, 3.63) is 62.6 Å². The second-order valence-electron chi connectivity index (χ2n) is 4.20. The lowest BCUT2D eigenvalue weighted by Gasteiger charge is -1.94. The molecule has 0 radical (unpaired) electrons. The van der Waals surface area contributed by atoms with Crippen molar-refractivity contribution in [2.24, 2.45) is 4.99 Å². The van der Waals surface area contributed by atoms with Crippen LogP contribution in [0.3, 0.4) is 0 Å². The SMILES string of the molecule is O=C(/N=c1/[nH]c2ccc(Cl)c(F)c2s1)c1cccc(Cl)c1. The number of H-pyrrole nitrogens is 1. The number of hydrogen-bond donors (Lipinski definition) is 1. The number of aromatic nitrogens is 1. The molecule has 21 heavy (non-hydrogen) atoms. The smallest absolute Gasteiger partial charge is 0.279 e. The maximum atomic E-state index is 13.8. The van der Waals surface area contributed by atoms with Crippen LogP contribution >= 0.6 is 34.5 Å². The summed E-state index contributed by atoms with van der Waals surface area (Å²) >= 11 is 12.6. The summed E-state index contributed by atoms with van der Waals surface area (Å²) in [5, 5.41) is 0.486. The van der Waals surface area contributed by atoms with Gasteiger partial charge < -0.3 is 4.98 Å². The molecular formula is C14H7Cl2FN2OS. The molecular weight excluding hydrogens is 334 g/mol. The largest absolute Gasteiger partial charge is 0.330 e. The number of thiazole rings is 1. The Morgan fingerprint density at radius 3 is 2.81 bits per heavy atom. The summed E-state index contributed by atoms with van der Waals surface area (Å²) < 4.78 is 14.2. The van der Waals surface area contributed by atoms with Crippen LogP contribution in [0.4, 0.5) is 4.39 Å². The molecule has 0 spiro atoms. The van der Waals surface area contributed by atoms with E-state index in [1.54, 1.807) is 24.3 Å². The number of rotatable bonds is 1. The highest BCUT2D eigenvalue weighted by Gasteiger charge is 2.09. The Balaban J connectivity index is 2.08. The number of amides is 1. The maximum Gasteiger partial charge on any atom is 0.279 e. The summed E-state index contributed by atoms with van der Waals surface area (Å²) in [6, 6.07) is 9.56. The third-order valence-electron chi connectivity index (χ3n) is 2.76. The summed E-state index contributed by atoms with van der Waals surface area (Å²) in [5.74, 6) is -0.973. The number of hydrogen-bond acceptors (Lipinski definition) is 2. The summed E-state index contributed by atoms with van der Waals surface area (Å²) in [6.45, 7) is 0. The second kappa shape index (κ2) is 5.60. The van der Waals surface area contributed by atoms with Gasteiger partial charge in [0.05, 0.1) is 15.2 Å². The normalized spacial score (nSPS) is 12.0. The lowest BCUT2D eigenvalue weighted by molar-refractivity contribution is 0.0998. The molecule has 0 aliphatic carbocycles. The quantitative estimate of drug-likeness (QED) is 0.700. The van der Waals surface area contributed by atoms with E-state index >= 15 is 0 Å². The Kier molecular flexibility index (Phi) is 3.80. The van der Waals surface area contributed by atoms with Gasteiger partial charge in [0.2, 0.25) is 0 Å². The van der Waals surface area contributed by atoms with Gasteiger partial charge in [-0.1, -0.05) is 40.6 Å². The van der Waals surface area contributed by atoms with Crippen LogP contribution in [-0.2, 0) is 0 Å². The lowest BCUT2D eigenvalue weighted by Crippen LogP contribution is -2.04. The van der Waals surface area contributed by atoms with Crippen LogP contribution in [0.5, 0.6) is 0 Å². The fourth-order valence-corrected chi connectivity index (χ4v) is 3.11. The molecule has 106 valence electrons. The average Bonchev–Trinajstić information content (AvgIpc) is 2.86. The van der Waals surface area contributed by atoms with Crippen LogP contribution in [0.1, 0.15) is 10.4 Å². The first-order valence-corrected chi connectivity index (χ1v) is 7.43. The van der Waals surface area contributed by atoms with Crippen molar-refractivity contribution >= 4 is 50.7 Å². The number of carbonyl (C=O) groups excluding carboxylic acids is 1. The van der Waals surface area contributed by atoms with Gasteiger partial charge in [0.25, 0.3) is 5.91 Å². The molecule has 7 heteroatoms. The van der Waals surface area contributed by atoms with Crippen molar-refractivity contribution in [3.8, 4) is 0 Å². The molecule has 0 atom stereocenters. The average molecular weight is 341 g/mol. The topological polar surface area (TPSA) is 45.2 Å².